The summed E-state index contributed by atoms with van der Waals surface area (Å²) in [6.45, 7) is 3.38. The highest BCUT2D eigenvalue weighted by atomic mass is 31.2. The van der Waals surface area contributed by atoms with Crippen molar-refractivity contribution in [3.8, 4) is 0 Å². The molecule has 0 spiro atoms. The third-order valence-corrected chi connectivity index (χ3v) is 11.3. The lowest BCUT2D eigenvalue weighted by molar-refractivity contribution is -0.154. The summed E-state index contributed by atoms with van der Waals surface area (Å²) in [5.41, 5.74) is 0. The van der Waals surface area contributed by atoms with Gasteiger partial charge in [-0.05, 0) is 83.5 Å². The highest BCUT2D eigenvalue weighted by Gasteiger charge is 2.26. The van der Waals surface area contributed by atoms with Crippen LogP contribution in [-0.4, -0.2) is 66.3 Å². The Kier molecular flexibility index (Phi) is 46.7. The molecule has 0 aromatic rings. The van der Waals surface area contributed by atoms with Gasteiger partial charge in [0.05, 0.1) is 26.4 Å². The lowest BCUT2D eigenvalue weighted by Crippen LogP contribution is -2.29. The minimum absolute atomic E-state index is 0.0388. The number of esters is 1. The molecule has 0 aliphatic rings. The molecule has 0 rings (SSSR count). The van der Waals surface area contributed by atoms with Crippen LogP contribution < -0.4 is 0 Å². The van der Waals surface area contributed by atoms with E-state index in [1.54, 1.807) is 0 Å². The SMILES string of the molecule is CC/C=C\C/C=C\C/C=C\C/C=C\C/C=C\CCCCCCCCCCOCC(COP(=O)(O)OCC(O)CO)OC(=O)CCCCCCCCC/C=C\CCCCCCCC. The lowest BCUT2D eigenvalue weighted by atomic mass is 10.1. The fourth-order valence-corrected chi connectivity index (χ4v) is 7.40. The molecular formula is C52H93O9P. The molecule has 0 aromatic carbocycles. The fraction of sp³-hybridized carbons (Fsp3) is 0.750. The van der Waals surface area contributed by atoms with Crippen LogP contribution in [0.15, 0.2) is 72.9 Å². The number of phosphoric ester groups is 1. The van der Waals surface area contributed by atoms with Gasteiger partial charge < -0.3 is 24.6 Å². The van der Waals surface area contributed by atoms with Crippen molar-refractivity contribution in [2.75, 3.05) is 33.0 Å². The standard InChI is InChI=1S/C52H93O9P/c1-3-5-7-9-11-13-15-17-19-21-22-23-24-25-26-27-29-31-33-35-37-39-41-43-45-58-48-51(49-60-62(56,57)59-47-50(54)46-53)61-52(55)44-42-40-38-36-34-32-30-28-20-18-16-14-12-10-8-6-4-2/h5,7,11,13,17-20,22-23,25-26,50-51,53-54H,3-4,6,8-10,12,14-16,21,24,27-49H2,1-2H3,(H,56,57)/b7-5-,13-11-,19-17-,20-18-,23-22-,26-25-. The highest BCUT2D eigenvalue weighted by Crippen LogP contribution is 2.43. The van der Waals surface area contributed by atoms with E-state index in [-0.39, 0.29) is 19.6 Å². The Morgan fingerprint density at radius 3 is 1.40 bits per heavy atom. The predicted molar refractivity (Wildman–Crippen MR) is 260 cm³/mol. The van der Waals surface area contributed by atoms with Gasteiger partial charge >= 0.3 is 13.8 Å². The summed E-state index contributed by atoms with van der Waals surface area (Å²) in [4.78, 5) is 22.7. The summed E-state index contributed by atoms with van der Waals surface area (Å²) in [5.74, 6) is -0.391. The molecule has 3 unspecified atom stereocenters. The van der Waals surface area contributed by atoms with Crippen LogP contribution in [-0.2, 0) is 27.9 Å². The maximum atomic E-state index is 12.7. The molecule has 0 heterocycles. The molecule has 360 valence electrons. The second kappa shape index (κ2) is 48.4. The van der Waals surface area contributed by atoms with Gasteiger partial charge in [-0.2, -0.15) is 0 Å². The maximum absolute atomic E-state index is 12.7. The van der Waals surface area contributed by atoms with Crippen molar-refractivity contribution in [1.82, 2.24) is 0 Å². The zero-order valence-corrected chi connectivity index (χ0v) is 40.5. The number of aliphatic hydroxyl groups is 2. The molecule has 0 saturated heterocycles. The van der Waals surface area contributed by atoms with Gasteiger partial charge in [-0.15, -0.1) is 0 Å². The van der Waals surface area contributed by atoms with Crippen LogP contribution in [0.1, 0.15) is 206 Å². The molecule has 0 radical (unpaired) electrons. The number of hydrogen-bond acceptors (Lipinski definition) is 8. The lowest BCUT2D eigenvalue weighted by Gasteiger charge is -2.20. The number of hydrogen-bond donors (Lipinski definition) is 3. The number of allylic oxidation sites excluding steroid dienone is 12. The number of ether oxygens (including phenoxy) is 2. The van der Waals surface area contributed by atoms with Gasteiger partial charge in [-0.1, -0.05) is 189 Å². The van der Waals surface area contributed by atoms with Crippen molar-refractivity contribution in [2.45, 2.75) is 219 Å². The second-order valence-electron chi connectivity index (χ2n) is 16.4. The van der Waals surface area contributed by atoms with Crippen molar-refractivity contribution >= 4 is 13.8 Å². The topological polar surface area (TPSA) is 132 Å². The van der Waals surface area contributed by atoms with E-state index >= 15 is 0 Å². The van der Waals surface area contributed by atoms with Gasteiger partial charge in [0.1, 0.15) is 12.2 Å². The summed E-state index contributed by atoms with van der Waals surface area (Å²) >= 11 is 0. The van der Waals surface area contributed by atoms with Crippen LogP contribution in [0.2, 0.25) is 0 Å². The molecule has 0 fully saturated rings. The minimum atomic E-state index is -4.53. The van der Waals surface area contributed by atoms with Gasteiger partial charge in [-0.25, -0.2) is 4.57 Å². The number of rotatable bonds is 47. The summed E-state index contributed by atoms with van der Waals surface area (Å²) < 4.78 is 33.5. The fourth-order valence-electron chi connectivity index (χ4n) is 6.61. The number of phosphoric acid groups is 1. The van der Waals surface area contributed by atoms with Crippen LogP contribution in [0.5, 0.6) is 0 Å². The predicted octanol–water partition coefficient (Wildman–Crippen LogP) is 14.5. The van der Waals surface area contributed by atoms with Crippen LogP contribution in [0.4, 0.5) is 0 Å². The third kappa shape index (κ3) is 47.4. The van der Waals surface area contributed by atoms with Crippen LogP contribution in [0.3, 0.4) is 0 Å². The Labute approximate surface area is 380 Å². The highest BCUT2D eigenvalue weighted by molar-refractivity contribution is 7.47. The summed E-state index contributed by atoms with van der Waals surface area (Å²) in [6, 6.07) is 0. The zero-order chi connectivity index (χ0) is 45.3. The van der Waals surface area contributed by atoms with Crippen molar-refractivity contribution in [3.05, 3.63) is 72.9 Å². The van der Waals surface area contributed by atoms with Gasteiger partial charge in [0.15, 0.2) is 0 Å². The number of carbonyl (C=O) groups excluding carboxylic acids is 1. The molecule has 0 saturated carbocycles. The molecule has 3 atom stereocenters. The summed E-state index contributed by atoms with van der Waals surface area (Å²) in [7, 11) is -4.53. The van der Waals surface area contributed by atoms with Crippen molar-refractivity contribution in [1.29, 1.82) is 0 Å². The second-order valence-corrected chi connectivity index (χ2v) is 17.9. The van der Waals surface area contributed by atoms with E-state index < -0.39 is 39.2 Å². The molecule has 10 heteroatoms. The van der Waals surface area contributed by atoms with Crippen molar-refractivity contribution in [2.24, 2.45) is 0 Å². The van der Waals surface area contributed by atoms with E-state index in [0.717, 1.165) is 89.9 Å². The first-order valence-electron chi connectivity index (χ1n) is 24.9. The van der Waals surface area contributed by atoms with E-state index in [2.05, 4.69) is 86.8 Å². The molecule has 0 aliphatic carbocycles. The number of aliphatic hydroxyl groups excluding tert-OH is 2. The quantitative estimate of drug-likeness (QED) is 0.0236. The Hall–Kier alpha value is -2.10. The molecule has 0 bridgehead atoms. The third-order valence-electron chi connectivity index (χ3n) is 10.4. The normalized spacial score (nSPS) is 14.5. The Morgan fingerprint density at radius 1 is 0.516 bits per heavy atom. The molecule has 3 N–H and O–H groups in total. The molecule has 9 nitrogen and oxygen atoms in total. The monoisotopic (exact) mass is 893 g/mol. The van der Waals surface area contributed by atoms with Gasteiger partial charge in [0.25, 0.3) is 0 Å². The Balaban J connectivity index is 4.12. The molecule has 0 amide bonds. The van der Waals surface area contributed by atoms with Crippen LogP contribution in [0, 0.1) is 0 Å². The van der Waals surface area contributed by atoms with E-state index in [1.165, 1.54) is 96.3 Å². The van der Waals surface area contributed by atoms with Crippen LogP contribution in [0.25, 0.3) is 0 Å². The number of carbonyl (C=O) groups is 1. The Morgan fingerprint density at radius 2 is 0.919 bits per heavy atom. The van der Waals surface area contributed by atoms with E-state index in [0.29, 0.717) is 6.61 Å². The van der Waals surface area contributed by atoms with Crippen molar-refractivity contribution in [3.63, 3.8) is 0 Å². The van der Waals surface area contributed by atoms with E-state index in [4.69, 9.17) is 23.6 Å². The van der Waals surface area contributed by atoms with Gasteiger partial charge in [0, 0.05) is 13.0 Å². The first-order chi connectivity index (χ1) is 30.3. The average molecular weight is 893 g/mol. The molecule has 62 heavy (non-hydrogen) atoms. The summed E-state index contributed by atoms with van der Waals surface area (Å²) in [6.07, 6.45) is 58.6. The Bertz CT molecular complexity index is 1190. The summed E-state index contributed by atoms with van der Waals surface area (Å²) in [5, 5.41) is 18.4. The van der Waals surface area contributed by atoms with E-state index in [9.17, 15) is 19.4 Å². The first-order valence-corrected chi connectivity index (χ1v) is 26.4. The van der Waals surface area contributed by atoms with E-state index in [1.807, 2.05) is 0 Å². The van der Waals surface area contributed by atoms with Gasteiger partial charge in [0.2, 0.25) is 0 Å². The number of unbranched alkanes of at least 4 members (excludes halogenated alkanes) is 21. The van der Waals surface area contributed by atoms with Crippen LogP contribution >= 0.6 is 7.82 Å². The molecular weight excluding hydrogens is 800 g/mol. The first kappa shape index (κ1) is 59.9. The zero-order valence-electron chi connectivity index (χ0n) is 39.6. The average Bonchev–Trinajstić information content (AvgIpc) is 3.26. The minimum Gasteiger partial charge on any atom is -0.457 e. The largest absolute Gasteiger partial charge is 0.472 e. The molecule has 0 aromatic heterocycles. The maximum Gasteiger partial charge on any atom is 0.472 e. The van der Waals surface area contributed by atoms with Crippen molar-refractivity contribution < 1.29 is 43.0 Å². The molecule has 0 aliphatic heterocycles. The van der Waals surface area contributed by atoms with Gasteiger partial charge in [-0.3, -0.25) is 13.8 Å². The smallest absolute Gasteiger partial charge is 0.457 e.